The molecule has 8 nitrogen and oxygen atoms in total. The molecule has 2 amide bonds. The number of esters is 1. The number of carbonyl (C=O) groups is 2. The molecule has 0 heterocycles. The van der Waals surface area contributed by atoms with Crippen molar-refractivity contribution < 1.29 is 27.6 Å². The molecule has 10 heteroatoms. The summed E-state index contributed by atoms with van der Waals surface area (Å²) in [7, 11) is 2.40. The molecule has 0 aliphatic heterocycles. The monoisotopic (exact) mass is 466 g/mol. The van der Waals surface area contributed by atoms with Crippen molar-refractivity contribution in [2.75, 3.05) is 46.0 Å². The molecule has 0 bridgehead atoms. The molecule has 0 spiro atoms. The van der Waals surface area contributed by atoms with Gasteiger partial charge in [0, 0.05) is 33.9 Å². The maximum Gasteiger partial charge on any atom is 0.500 e. The number of amides is 2. The molecule has 30 heavy (non-hydrogen) atoms. The first-order valence-electron chi connectivity index (χ1n) is 10.8. The average molecular weight is 467 g/mol. The van der Waals surface area contributed by atoms with E-state index in [1.165, 1.54) is 0 Å². The van der Waals surface area contributed by atoms with Crippen LogP contribution in [-0.4, -0.2) is 72.8 Å². The third-order valence-electron chi connectivity index (χ3n) is 4.49. The highest BCUT2D eigenvalue weighted by molar-refractivity contribution is 7.99. The van der Waals surface area contributed by atoms with E-state index in [1.807, 2.05) is 32.5 Å². The van der Waals surface area contributed by atoms with Gasteiger partial charge >= 0.3 is 20.8 Å². The van der Waals surface area contributed by atoms with Gasteiger partial charge in [-0.15, -0.1) is 0 Å². The van der Waals surface area contributed by atoms with Crippen molar-refractivity contribution in [3.63, 3.8) is 0 Å². The van der Waals surface area contributed by atoms with E-state index >= 15 is 0 Å². The van der Waals surface area contributed by atoms with Crippen LogP contribution in [-0.2, 0) is 22.8 Å². The van der Waals surface area contributed by atoms with E-state index in [-0.39, 0.29) is 17.9 Å². The Morgan fingerprint density at radius 3 is 2.20 bits per heavy atom. The Hall–Kier alpha value is -0.813. The van der Waals surface area contributed by atoms with Gasteiger partial charge in [0.25, 0.3) is 0 Å². The zero-order chi connectivity index (χ0) is 22.8. The van der Waals surface area contributed by atoms with Crippen LogP contribution in [0.25, 0.3) is 0 Å². The fraction of sp³-hybridized carbons (Fsp3) is 0.900. The zero-order valence-corrected chi connectivity index (χ0v) is 21.4. The maximum absolute atomic E-state index is 12.2. The van der Waals surface area contributed by atoms with Crippen molar-refractivity contribution >= 4 is 32.6 Å². The summed E-state index contributed by atoms with van der Waals surface area (Å²) in [5.74, 6) is 1.85. The van der Waals surface area contributed by atoms with E-state index < -0.39 is 14.8 Å². The number of nitrogens with one attached hydrogen (secondary N) is 2. The molecular weight excluding hydrogens is 424 g/mol. The summed E-state index contributed by atoms with van der Waals surface area (Å²) in [6, 6.07) is -0.146. The number of unbranched alkanes of at least 4 members (excludes halogenated alkanes) is 1. The number of carbonyl (C=O) groups excluding carboxylic acids is 2. The quantitative estimate of drug-likeness (QED) is 0.181. The van der Waals surface area contributed by atoms with E-state index in [0.717, 1.165) is 43.2 Å². The van der Waals surface area contributed by atoms with Crippen LogP contribution in [0.3, 0.4) is 0 Å². The van der Waals surface area contributed by atoms with E-state index in [1.54, 1.807) is 21.3 Å². The van der Waals surface area contributed by atoms with Crippen LogP contribution < -0.4 is 10.6 Å². The van der Waals surface area contributed by atoms with Gasteiger partial charge in [0.05, 0.1) is 6.61 Å². The fourth-order valence-corrected chi connectivity index (χ4v) is 5.62. The van der Waals surface area contributed by atoms with E-state index in [4.69, 9.17) is 18.0 Å². The van der Waals surface area contributed by atoms with Gasteiger partial charge in [-0.05, 0) is 43.1 Å². The first-order chi connectivity index (χ1) is 14.3. The molecule has 0 saturated carbocycles. The maximum atomic E-state index is 12.2. The summed E-state index contributed by atoms with van der Waals surface area (Å²) in [6.07, 6.45) is 4.16. The van der Waals surface area contributed by atoms with Crippen LogP contribution in [0.4, 0.5) is 4.79 Å². The van der Waals surface area contributed by atoms with Gasteiger partial charge in [0.2, 0.25) is 0 Å². The lowest BCUT2D eigenvalue weighted by Gasteiger charge is -2.24. The summed E-state index contributed by atoms with van der Waals surface area (Å²) < 4.78 is 21.5. The third-order valence-corrected chi connectivity index (χ3v) is 8.48. The minimum atomic E-state index is -2.47. The van der Waals surface area contributed by atoms with Gasteiger partial charge in [0.15, 0.2) is 0 Å². The smallest absolute Gasteiger partial charge is 0.464 e. The molecule has 0 fully saturated rings. The number of urea groups is 1. The normalized spacial score (nSPS) is 12.6. The Morgan fingerprint density at radius 1 is 1.00 bits per heavy atom. The molecule has 0 aromatic rings. The van der Waals surface area contributed by atoms with Crippen molar-refractivity contribution in [3.05, 3.63) is 0 Å². The van der Waals surface area contributed by atoms with Gasteiger partial charge in [0.1, 0.15) is 6.04 Å². The number of ether oxygens (including phenoxy) is 1. The summed E-state index contributed by atoms with van der Waals surface area (Å²) in [4.78, 5) is 24.3. The first kappa shape index (κ1) is 29.2. The Bertz CT molecular complexity index is 458. The van der Waals surface area contributed by atoms with Crippen molar-refractivity contribution in [3.8, 4) is 0 Å². The molecule has 0 aliphatic rings. The van der Waals surface area contributed by atoms with Crippen molar-refractivity contribution in [1.82, 2.24) is 10.6 Å². The number of rotatable bonds is 18. The molecule has 2 N–H and O–H groups in total. The second kappa shape index (κ2) is 17.8. The minimum Gasteiger partial charge on any atom is -0.464 e. The Kier molecular flexibility index (Phi) is 17.3. The van der Waals surface area contributed by atoms with Crippen molar-refractivity contribution in [1.29, 1.82) is 0 Å². The van der Waals surface area contributed by atoms with Crippen molar-refractivity contribution in [2.45, 2.75) is 65.0 Å². The molecule has 0 saturated heterocycles. The van der Waals surface area contributed by atoms with Crippen LogP contribution in [0.2, 0.25) is 6.04 Å². The number of hydrogen-bond acceptors (Lipinski definition) is 7. The van der Waals surface area contributed by atoms with E-state index in [2.05, 4.69) is 10.6 Å². The second-order valence-corrected chi connectivity index (χ2v) is 11.8. The molecular formula is C20H42N2O6SSi. The molecule has 0 unspecified atom stereocenters. The summed E-state index contributed by atoms with van der Waals surface area (Å²) in [5, 5.41) is 5.58. The highest BCUT2D eigenvalue weighted by atomic mass is 32.2. The van der Waals surface area contributed by atoms with Crippen LogP contribution in [0.5, 0.6) is 0 Å². The molecule has 0 aliphatic carbocycles. The molecule has 0 aromatic heterocycles. The van der Waals surface area contributed by atoms with E-state index in [9.17, 15) is 9.59 Å². The van der Waals surface area contributed by atoms with Gasteiger partial charge in [-0.1, -0.05) is 27.2 Å². The third kappa shape index (κ3) is 13.5. The molecule has 0 rings (SSSR count). The topological polar surface area (TPSA) is 95.1 Å². The van der Waals surface area contributed by atoms with Crippen LogP contribution in [0.15, 0.2) is 0 Å². The molecule has 178 valence electrons. The largest absolute Gasteiger partial charge is 0.500 e. The Labute approximate surface area is 187 Å². The highest BCUT2D eigenvalue weighted by Gasteiger charge is 2.36. The number of thioether (sulfide) groups is 1. The lowest BCUT2D eigenvalue weighted by Crippen LogP contribution is -2.47. The SMILES string of the molecule is CCCCOC(=O)[C@H](CC(C)C)NC(=O)NCCCSCCC[Si](OC)(OC)OC. The second-order valence-electron chi connectivity index (χ2n) is 7.47. The molecule has 0 radical (unpaired) electrons. The van der Waals surface area contributed by atoms with Crippen molar-refractivity contribution in [2.24, 2.45) is 5.92 Å². The highest BCUT2D eigenvalue weighted by Crippen LogP contribution is 2.17. The van der Waals surface area contributed by atoms with Gasteiger partial charge in [-0.2, -0.15) is 11.8 Å². The minimum absolute atomic E-state index is 0.279. The fourth-order valence-electron chi connectivity index (χ4n) is 2.74. The van der Waals surface area contributed by atoms with Crippen LogP contribution in [0, 0.1) is 5.92 Å². The molecule has 1 atom stereocenters. The lowest BCUT2D eigenvalue weighted by molar-refractivity contribution is -0.146. The van der Waals surface area contributed by atoms with Gasteiger partial charge < -0.3 is 28.6 Å². The average Bonchev–Trinajstić information content (AvgIpc) is 2.72. The zero-order valence-electron chi connectivity index (χ0n) is 19.6. The van der Waals surface area contributed by atoms with Gasteiger partial charge in [-0.3, -0.25) is 0 Å². The Morgan fingerprint density at radius 2 is 1.63 bits per heavy atom. The summed E-state index contributed by atoms with van der Waals surface area (Å²) in [6.45, 7) is 7.03. The van der Waals surface area contributed by atoms with E-state index in [0.29, 0.717) is 19.6 Å². The summed E-state index contributed by atoms with van der Waals surface area (Å²) in [5.41, 5.74) is 0. The predicted molar refractivity (Wildman–Crippen MR) is 124 cm³/mol. The Balaban J connectivity index is 4.03. The predicted octanol–water partition coefficient (Wildman–Crippen LogP) is 3.44. The van der Waals surface area contributed by atoms with Gasteiger partial charge in [-0.25, -0.2) is 9.59 Å². The number of hydrogen-bond donors (Lipinski definition) is 2. The summed E-state index contributed by atoms with van der Waals surface area (Å²) >= 11 is 1.83. The van der Waals surface area contributed by atoms with Crippen LogP contribution in [0.1, 0.15) is 52.9 Å². The first-order valence-corrected chi connectivity index (χ1v) is 13.9. The lowest BCUT2D eigenvalue weighted by atomic mass is 10.0. The van der Waals surface area contributed by atoms with Crippen LogP contribution >= 0.6 is 11.8 Å². The molecule has 0 aromatic carbocycles. The standard InChI is InChI=1S/C20H42N2O6SSi/c1-7-8-12-28-19(23)18(16-17(2)3)22-20(24)21-11-9-13-29-14-10-15-30(25-4,26-5)27-6/h17-18H,7-16H2,1-6H3,(H2,21,22,24)/t18-/m0/s1.